The van der Waals surface area contributed by atoms with Crippen molar-refractivity contribution in [2.24, 2.45) is 5.73 Å². The van der Waals surface area contributed by atoms with Crippen LogP contribution in [0, 0.1) is 0 Å². The first-order valence-corrected chi connectivity index (χ1v) is 4.94. The van der Waals surface area contributed by atoms with E-state index in [1.54, 1.807) is 18.6 Å². The van der Waals surface area contributed by atoms with Crippen molar-refractivity contribution in [3.05, 3.63) is 47.4 Å². The van der Waals surface area contributed by atoms with Crippen LogP contribution in [-0.2, 0) is 6.54 Å². The van der Waals surface area contributed by atoms with E-state index in [0.717, 1.165) is 16.8 Å². The molecule has 0 aliphatic rings. The monoisotopic (exact) mass is 219 g/mol. The Hall–Kier alpha value is -1.45. The molecule has 1 aromatic heterocycles. The van der Waals surface area contributed by atoms with Gasteiger partial charge in [-0.1, -0.05) is 23.7 Å². The van der Waals surface area contributed by atoms with Gasteiger partial charge in [0, 0.05) is 24.5 Å². The van der Waals surface area contributed by atoms with Gasteiger partial charge in [-0.15, -0.1) is 0 Å². The van der Waals surface area contributed by atoms with Gasteiger partial charge >= 0.3 is 0 Å². The second kappa shape index (κ2) is 4.38. The summed E-state index contributed by atoms with van der Waals surface area (Å²) in [7, 11) is 0. The fourth-order valence-corrected chi connectivity index (χ4v) is 1.63. The second-order valence-electron chi connectivity index (χ2n) is 3.11. The Kier molecular flexibility index (Phi) is 2.94. The minimum atomic E-state index is 0.487. The van der Waals surface area contributed by atoms with Gasteiger partial charge in [-0.25, -0.2) is 0 Å². The summed E-state index contributed by atoms with van der Waals surface area (Å²) in [4.78, 5) is 8.19. The molecule has 4 heteroatoms. The van der Waals surface area contributed by atoms with Crippen LogP contribution in [0.25, 0.3) is 11.3 Å². The molecule has 2 aromatic rings. The molecule has 0 atom stereocenters. The summed E-state index contributed by atoms with van der Waals surface area (Å²) < 4.78 is 0. The Balaban J connectivity index is 2.46. The average molecular weight is 220 g/mol. The number of halogens is 1. The van der Waals surface area contributed by atoms with E-state index in [1.807, 2.05) is 18.2 Å². The molecular weight excluding hydrogens is 210 g/mol. The van der Waals surface area contributed by atoms with Crippen LogP contribution in [0.1, 0.15) is 5.56 Å². The van der Waals surface area contributed by atoms with E-state index in [4.69, 9.17) is 17.3 Å². The SMILES string of the molecule is NCc1ccc(-c2cnccn2)c(Cl)c1. The Morgan fingerprint density at radius 3 is 2.73 bits per heavy atom. The van der Waals surface area contributed by atoms with Crippen LogP contribution >= 0.6 is 11.6 Å². The molecule has 0 saturated heterocycles. The summed E-state index contributed by atoms with van der Waals surface area (Å²) in [6, 6.07) is 5.70. The van der Waals surface area contributed by atoms with Crippen molar-refractivity contribution < 1.29 is 0 Å². The van der Waals surface area contributed by atoms with E-state index in [0.29, 0.717) is 11.6 Å². The molecular formula is C11H10ClN3. The van der Waals surface area contributed by atoms with E-state index in [2.05, 4.69) is 9.97 Å². The summed E-state index contributed by atoms with van der Waals surface area (Å²) in [5, 5.41) is 0.651. The van der Waals surface area contributed by atoms with Crippen molar-refractivity contribution >= 4 is 11.6 Å². The zero-order valence-electron chi connectivity index (χ0n) is 8.02. The van der Waals surface area contributed by atoms with Crippen LogP contribution in [0.3, 0.4) is 0 Å². The normalized spacial score (nSPS) is 10.3. The first kappa shape index (κ1) is 10.1. The molecule has 0 aliphatic carbocycles. The maximum atomic E-state index is 6.12. The highest BCUT2D eigenvalue weighted by molar-refractivity contribution is 6.33. The molecule has 15 heavy (non-hydrogen) atoms. The summed E-state index contributed by atoms with van der Waals surface area (Å²) in [5.41, 5.74) is 8.17. The predicted molar refractivity (Wildman–Crippen MR) is 60.4 cm³/mol. The summed E-state index contributed by atoms with van der Waals surface area (Å²) >= 11 is 6.12. The molecule has 0 amide bonds. The molecule has 0 saturated carbocycles. The lowest BCUT2D eigenvalue weighted by atomic mass is 10.1. The van der Waals surface area contributed by atoms with Crippen LogP contribution in [0.4, 0.5) is 0 Å². The van der Waals surface area contributed by atoms with Crippen LogP contribution in [0.2, 0.25) is 5.02 Å². The molecule has 0 unspecified atom stereocenters. The Labute approximate surface area is 92.9 Å². The Bertz CT molecular complexity index is 457. The summed E-state index contributed by atoms with van der Waals surface area (Å²) in [6.45, 7) is 0.487. The van der Waals surface area contributed by atoms with Crippen molar-refractivity contribution in [1.29, 1.82) is 0 Å². The molecule has 0 bridgehead atoms. The smallest absolute Gasteiger partial charge is 0.0900 e. The molecule has 0 aliphatic heterocycles. The van der Waals surface area contributed by atoms with E-state index in [9.17, 15) is 0 Å². The van der Waals surface area contributed by atoms with Gasteiger partial charge in [0.15, 0.2) is 0 Å². The quantitative estimate of drug-likeness (QED) is 0.843. The van der Waals surface area contributed by atoms with Gasteiger partial charge in [0.25, 0.3) is 0 Å². The van der Waals surface area contributed by atoms with E-state index < -0.39 is 0 Å². The van der Waals surface area contributed by atoms with Crippen LogP contribution in [-0.4, -0.2) is 9.97 Å². The molecule has 2 N–H and O–H groups in total. The standard InChI is InChI=1S/C11H10ClN3/c12-10-5-8(6-13)1-2-9(10)11-7-14-3-4-15-11/h1-5,7H,6,13H2. The number of hydrogen-bond acceptors (Lipinski definition) is 3. The third kappa shape index (κ3) is 2.14. The highest BCUT2D eigenvalue weighted by Crippen LogP contribution is 2.26. The molecule has 1 aromatic carbocycles. The molecule has 76 valence electrons. The van der Waals surface area contributed by atoms with Crippen molar-refractivity contribution in [3.63, 3.8) is 0 Å². The number of hydrogen-bond donors (Lipinski definition) is 1. The van der Waals surface area contributed by atoms with Crippen LogP contribution in [0.5, 0.6) is 0 Å². The van der Waals surface area contributed by atoms with Gasteiger partial charge in [-0.05, 0) is 11.6 Å². The van der Waals surface area contributed by atoms with Gasteiger partial charge < -0.3 is 5.73 Å². The molecule has 3 nitrogen and oxygen atoms in total. The van der Waals surface area contributed by atoms with Crippen molar-refractivity contribution in [3.8, 4) is 11.3 Å². The van der Waals surface area contributed by atoms with Gasteiger partial charge in [-0.2, -0.15) is 0 Å². The number of rotatable bonds is 2. The lowest BCUT2D eigenvalue weighted by Crippen LogP contribution is -1.96. The van der Waals surface area contributed by atoms with Crippen LogP contribution < -0.4 is 5.73 Å². The predicted octanol–water partition coefficient (Wildman–Crippen LogP) is 2.26. The fourth-order valence-electron chi connectivity index (χ4n) is 1.33. The summed E-state index contributed by atoms with van der Waals surface area (Å²) in [6.07, 6.45) is 4.96. The van der Waals surface area contributed by atoms with Gasteiger partial charge in [0.1, 0.15) is 0 Å². The number of aromatic nitrogens is 2. The van der Waals surface area contributed by atoms with Crippen molar-refractivity contribution in [1.82, 2.24) is 9.97 Å². The van der Waals surface area contributed by atoms with E-state index in [1.165, 1.54) is 0 Å². The molecule has 2 rings (SSSR count). The first-order valence-electron chi connectivity index (χ1n) is 4.56. The fraction of sp³-hybridized carbons (Fsp3) is 0.0909. The Morgan fingerprint density at radius 1 is 1.27 bits per heavy atom. The topological polar surface area (TPSA) is 51.8 Å². The maximum absolute atomic E-state index is 6.12. The third-order valence-electron chi connectivity index (χ3n) is 2.11. The maximum Gasteiger partial charge on any atom is 0.0900 e. The van der Waals surface area contributed by atoms with E-state index >= 15 is 0 Å². The molecule has 0 spiro atoms. The largest absolute Gasteiger partial charge is 0.326 e. The summed E-state index contributed by atoms with van der Waals surface area (Å²) in [5.74, 6) is 0. The molecule has 0 fully saturated rings. The zero-order chi connectivity index (χ0) is 10.7. The zero-order valence-corrected chi connectivity index (χ0v) is 8.78. The lowest BCUT2D eigenvalue weighted by molar-refractivity contribution is 1.07. The van der Waals surface area contributed by atoms with E-state index in [-0.39, 0.29) is 0 Å². The van der Waals surface area contributed by atoms with Crippen molar-refractivity contribution in [2.45, 2.75) is 6.54 Å². The highest BCUT2D eigenvalue weighted by atomic mass is 35.5. The number of nitrogens with zero attached hydrogens (tertiary/aromatic N) is 2. The lowest BCUT2D eigenvalue weighted by Gasteiger charge is -2.04. The second-order valence-corrected chi connectivity index (χ2v) is 3.52. The minimum Gasteiger partial charge on any atom is -0.326 e. The Morgan fingerprint density at radius 2 is 2.13 bits per heavy atom. The first-order chi connectivity index (χ1) is 7.31. The van der Waals surface area contributed by atoms with Crippen molar-refractivity contribution in [2.75, 3.05) is 0 Å². The van der Waals surface area contributed by atoms with Crippen LogP contribution in [0.15, 0.2) is 36.8 Å². The van der Waals surface area contributed by atoms with Gasteiger partial charge in [0.05, 0.1) is 16.9 Å². The number of nitrogens with two attached hydrogens (primary N) is 1. The van der Waals surface area contributed by atoms with Gasteiger partial charge in [-0.3, -0.25) is 9.97 Å². The molecule has 1 heterocycles. The van der Waals surface area contributed by atoms with Gasteiger partial charge in [0.2, 0.25) is 0 Å². The highest BCUT2D eigenvalue weighted by Gasteiger charge is 2.04. The minimum absolute atomic E-state index is 0.487. The third-order valence-corrected chi connectivity index (χ3v) is 2.42. The average Bonchev–Trinajstić information content (AvgIpc) is 2.30. The molecule has 0 radical (unpaired) electrons. The number of benzene rings is 1.